The molecule has 0 fully saturated rings. The molecule has 126 valence electrons. The van der Waals surface area contributed by atoms with E-state index in [0.29, 0.717) is 12.3 Å². The minimum absolute atomic E-state index is 0.176. The molecule has 0 aliphatic rings. The summed E-state index contributed by atoms with van der Waals surface area (Å²) < 4.78 is 9.85. The standard InChI is InChI=1S/C16H22N2O5/c1-3-4-9-17-16(21)18-14(19)11-23-13-7-5-12(6-8-13)10-15(20)22-2/h5-8H,3-4,9-11H2,1-2H3,(H2,17,18,19,21). The molecule has 0 saturated heterocycles. The monoisotopic (exact) mass is 322 g/mol. The number of carbonyl (C=O) groups excluding carboxylic acids is 3. The zero-order chi connectivity index (χ0) is 17.1. The predicted octanol–water partition coefficient (Wildman–Crippen LogP) is 1.41. The molecule has 2 N–H and O–H groups in total. The Morgan fingerprint density at radius 2 is 1.83 bits per heavy atom. The molecular formula is C16H22N2O5. The SMILES string of the molecule is CCCCNC(=O)NC(=O)COc1ccc(CC(=O)OC)cc1. The van der Waals surface area contributed by atoms with Crippen LogP contribution in [0.1, 0.15) is 25.3 Å². The number of benzene rings is 1. The number of carbonyl (C=O) groups is 3. The molecule has 23 heavy (non-hydrogen) atoms. The highest BCUT2D eigenvalue weighted by atomic mass is 16.5. The van der Waals surface area contributed by atoms with E-state index < -0.39 is 11.9 Å². The van der Waals surface area contributed by atoms with Gasteiger partial charge in [0.15, 0.2) is 6.61 Å². The van der Waals surface area contributed by atoms with Crippen LogP contribution in [0.4, 0.5) is 4.79 Å². The molecule has 0 saturated carbocycles. The fourth-order valence-electron chi connectivity index (χ4n) is 1.68. The summed E-state index contributed by atoms with van der Waals surface area (Å²) in [6.45, 7) is 2.27. The topological polar surface area (TPSA) is 93.7 Å². The number of imide groups is 1. The molecule has 0 spiro atoms. The third-order valence-corrected chi connectivity index (χ3v) is 2.94. The summed E-state index contributed by atoms with van der Waals surface area (Å²) in [6, 6.07) is 6.18. The normalized spacial score (nSPS) is 9.83. The van der Waals surface area contributed by atoms with Gasteiger partial charge in [0.05, 0.1) is 13.5 Å². The van der Waals surface area contributed by atoms with Crippen LogP contribution >= 0.6 is 0 Å². The Kier molecular flexibility index (Phi) is 8.20. The van der Waals surface area contributed by atoms with Crippen LogP contribution in [-0.2, 0) is 20.7 Å². The number of hydrogen-bond donors (Lipinski definition) is 2. The molecule has 1 rings (SSSR count). The number of nitrogens with one attached hydrogen (secondary N) is 2. The predicted molar refractivity (Wildman–Crippen MR) is 84.1 cm³/mol. The van der Waals surface area contributed by atoms with Gasteiger partial charge in [-0.1, -0.05) is 25.5 Å². The van der Waals surface area contributed by atoms with Gasteiger partial charge in [-0.25, -0.2) is 4.79 Å². The summed E-state index contributed by atoms with van der Waals surface area (Å²) >= 11 is 0. The van der Waals surface area contributed by atoms with Crippen LogP contribution < -0.4 is 15.4 Å². The van der Waals surface area contributed by atoms with Crippen LogP contribution in [0.15, 0.2) is 24.3 Å². The van der Waals surface area contributed by atoms with Crippen LogP contribution in [0.2, 0.25) is 0 Å². The molecule has 0 unspecified atom stereocenters. The summed E-state index contributed by atoms with van der Waals surface area (Å²) in [6.07, 6.45) is 1.99. The van der Waals surface area contributed by atoms with Crippen molar-refractivity contribution < 1.29 is 23.9 Å². The van der Waals surface area contributed by atoms with Gasteiger partial charge in [-0.3, -0.25) is 14.9 Å². The number of ether oxygens (including phenoxy) is 2. The van der Waals surface area contributed by atoms with Crippen molar-refractivity contribution in [2.45, 2.75) is 26.2 Å². The number of hydrogen-bond acceptors (Lipinski definition) is 5. The highest BCUT2D eigenvalue weighted by Crippen LogP contribution is 2.12. The lowest BCUT2D eigenvalue weighted by atomic mass is 10.1. The fraction of sp³-hybridized carbons (Fsp3) is 0.438. The van der Waals surface area contributed by atoms with Crippen molar-refractivity contribution in [1.82, 2.24) is 10.6 Å². The van der Waals surface area contributed by atoms with Gasteiger partial charge in [0.25, 0.3) is 5.91 Å². The maximum Gasteiger partial charge on any atom is 0.321 e. The molecule has 3 amide bonds. The maximum absolute atomic E-state index is 11.6. The van der Waals surface area contributed by atoms with E-state index in [-0.39, 0.29) is 19.0 Å². The van der Waals surface area contributed by atoms with Gasteiger partial charge in [0, 0.05) is 6.54 Å². The molecule has 0 radical (unpaired) electrons. The average molecular weight is 322 g/mol. The molecule has 0 heterocycles. The van der Waals surface area contributed by atoms with Gasteiger partial charge in [-0.15, -0.1) is 0 Å². The first kappa shape index (κ1) is 18.5. The average Bonchev–Trinajstić information content (AvgIpc) is 2.54. The Balaban J connectivity index is 2.32. The first-order chi connectivity index (χ1) is 11.0. The van der Waals surface area contributed by atoms with Crippen LogP contribution in [0, 0.1) is 0 Å². The van der Waals surface area contributed by atoms with E-state index in [1.54, 1.807) is 24.3 Å². The third kappa shape index (κ3) is 7.85. The number of esters is 1. The lowest BCUT2D eigenvalue weighted by Crippen LogP contribution is -2.41. The van der Waals surface area contributed by atoms with Crippen LogP contribution in [0.3, 0.4) is 0 Å². The second-order valence-corrected chi connectivity index (χ2v) is 4.84. The number of unbranched alkanes of at least 4 members (excludes halogenated alkanes) is 1. The van der Waals surface area contributed by atoms with Crippen molar-refractivity contribution in [1.29, 1.82) is 0 Å². The highest BCUT2D eigenvalue weighted by molar-refractivity contribution is 5.94. The van der Waals surface area contributed by atoms with Crippen molar-refractivity contribution in [3.63, 3.8) is 0 Å². The molecule has 0 aliphatic carbocycles. The minimum atomic E-state index is -0.530. The number of methoxy groups -OCH3 is 1. The second-order valence-electron chi connectivity index (χ2n) is 4.84. The molecule has 0 bridgehead atoms. The van der Waals surface area contributed by atoms with Crippen molar-refractivity contribution in [3.8, 4) is 5.75 Å². The van der Waals surface area contributed by atoms with Gasteiger partial charge in [-0.05, 0) is 24.1 Å². The van der Waals surface area contributed by atoms with E-state index in [2.05, 4.69) is 15.4 Å². The van der Waals surface area contributed by atoms with Crippen LogP contribution in [0.5, 0.6) is 5.75 Å². The second kappa shape index (κ2) is 10.2. The smallest absolute Gasteiger partial charge is 0.321 e. The molecule has 1 aromatic rings. The number of urea groups is 1. The van der Waals surface area contributed by atoms with Gasteiger partial charge in [0.2, 0.25) is 0 Å². The van der Waals surface area contributed by atoms with Gasteiger partial charge in [0.1, 0.15) is 5.75 Å². The molecule has 0 aliphatic heterocycles. The van der Waals surface area contributed by atoms with E-state index in [1.807, 2.05) is 6.92 Å². The van der Waals surface area contributed by atoms with E-state index in [0.717, 1.165) is 18.4 Å². The van der Waals surface area contributed by atoms with Crippen molar-refractivity contribution in [3.05, 3.63) is 29.8 Å². The van der Waals surface area contributed by atoms with Crippen LogP contribution in [-0.4, -0.2) is 38.2 Å². The molecule has 0 aromatic heterocycles. The molecule has 0 atom stereocenters. The number of rotatable bonds is 8. The van der Waals surface area contributed by atoms with Crippen molar-refractivity contribution in [2.75, 3.05) is 20.3 Å². The first-order valence-electron chi connectivity index (χ1n) is 7.41. The first-order valence-corrected chi connectivity index (χ1v) is 7.41. The number of amides is 3. The van der Waals surface area contributed by atoms with E-state index >= 15 is 0 Å². The molecular weight excluding hydrogens is 300 g/mol. The largest absolute Gasteiger partial charge is 0.484 e. The third-order valence-electron chi connectivity index (χ3n) is 2.94. The van der Waals surface area contributed by atoms with E-state index in [4.69, 9.17) is 4.74 Å². The summed E-state index contributed by atoms with van der Waals surface area (Å²) in [4.78, 5) is 34.1. The van der Waals surface area contributed by atoms with Crippen LogP contribution in [0.25, 0.3) is 0 Å². The van der Waals surface area contributed by atoms with Gasteiger partial charge < -0.3 is 14.8 Å². The minimum Gasteiger partial charge on any atom is -0.484 e. The molecule has 7 nitrogen and oxygen atoms in total. The van der Waals surface area contributed by atoms with Crippen molar-refractivity contribution in [2.24, 2.45) is 0 Å². The van der Waals surface area contributed by atoms with E-state index in [1.165, 1.54) is 7.11 Å². The molecule has 7 heteroatoms. The highest BCUT2D eigenvalue weighted by Gasteiger charge is 2.08. The van der Waals surface area contributed by atoms with E-state index in [9.17, 15) is 14.4 Å². The Labute approximate surface area is 135 Å². The zero-order valence-electron chi connectivity index (χ0n) is 13.4. The van der Waals surface area contributed by atoms with Crippen molar-refractivity contribution >= 4 is 17.9 Å². The fourth-order valence-corrected chi connectivity index (χ4v) is 1.68. The summed E-state index contributed by atoms with van der Waals surface area (Å²) in [5.74, 6) is -0.384. The van der Waals surface area contributed by atoms with Gasteiger partial charge in [-0.2, -0.15) is 0 Å². The lowest BCUT2D eigenvalue weighted by molar-refractivity contribution is -0.139. The summed E-state index contributed by atoms with van der Waals surface area (Å²) in [5, 5.41) is 4.75. The quantitative estimate of drug-likeness (QED) is 0.557. The van der Waals surface area contributed by atoms with Gasteiger partial charge >= 0.3 is 12.0 Å². The summed E-state index contributed by atoms with van der Waals surface area (Å²) in [5.41, 5.74) is 0.781. The maximum atomic E-state index is 11.6. The summed E-state index contributed by atoms with van der Waals surface area (Å²) in [7, 11) is 1.33. The Morgan fingerprint density at radius 1 is 1.13 bits per heavy atom. The lowest BCUT2D eigenvalue weighted by Gasteiger charge is -2.08. The Bertz CT molecular complexity index is 528. The Morgan fingerprint density at radius 3 is 2.43 bits per heavy atom. The Hall–Kier alpha value is -2.57. The molecule has 1 aromatic carbocycles. The zero-order valence-corrected chi connectivity index (χ0v) is 13.4.